The molecular formula is C16H15F3N4O. The van der Waals surface area contributed by atoms with Crippen LogP contribution in [0.1, 0.15) is 30.0 Å². The first-order valence-corrected chi connectivity index (χ1v) is 7.78. The second kappa shape index (κ2) is 5.34. The molecule has 5 nitrogen and oxygen atoms in total. The first-order chi connectivity index (χ1) is 11.4. The van der Waals surface area contributed by atoms with Gasteiger partial charge < -0.3 is 10.3 Å². The third-order valence-corrected chi connectivity index (χ3v) is 4.53. The van der Waals surface area contributed by atoms with Gasteiger partial charge in [-0.25, -0.2) is 4.52 Å². The van der Waals surface area contributed by atoms with Crippen molar-refractivity contribution in [2.24, 2.45) is 0 Å². The summed E-state index contributed by atoms with van der Waals surface area (Å²) in [6.07, 6.45) is -2.87. The normalized spacial score (nSPS) is 17.0. The molecule has 1 aromatic carbocycles. The van der Waals surface area contributed by atoms with E-state index in [1.807, 2.05) is 0 Å². The van der Waals surface area contributed by atoms with Gasteiger partial charge in [0.25, 0.3) is 5.56 Å². The summed E-state index contributed by atoms with van der Waals surface area (Å²) in [5, 5.41) is 7.51. The molecule has 0 spiro atoms. The lowest BCUT2D eigenvalue weighted by molar-refractivity contribution is -0.136. The number of nitrogens with zero attached hydrogens (tertiary/aromatic N) is 2. The summed E-state index contributed by atoms with van der Waals surface area (Å²) in [5.74, 6) is 0.0969. The van der Waals surface area contributed by atoms with Crippen LogP contribution in [0.3, 0.4) is 0 Å². The first-order valence-electron chi connectivity index (χ1n) is 7.78. The Kier molecular flexibility index (Phi) is 3.38. The number of aromatic amines is 1. The van der Waals surface area contributed by atoms with Crippen LogP contribution in [0.5, 0.6) is 0 Å². The highest BCUT2D eigenvalue weighted by molar-refractivity contribution is 5.95. The van der Waals surface area contributed by atoms with E-state index in [9.17, 15) is 18.0 Å². The zero-order valence-corrected chi connectivity index (χ0v) is 12.7. The molecule has 0 saturated carbocycles. The Bertz CT molecular complexity index is 967. The fraction of sp³-hybridized carbons (Fsp3) is 0.375. The number of fused-ring (bicyclic) bond motifs is 3. The van der Waals surface area contributed by atoms with Crippen LogP contribution in [0.2, 0.25) is 0 Å². The van der Waals surface area contributed by atoms with Gasteiger partial charge >= 0.3 is 6.18 Å². The standard InChI is InChI=1S/C16H15F3N4O/c17-16(18,19)10-2-1-3-11-14(10)15-21-13(24)8-12(23(15)22-11)9-4-6-20-7-5-9/h1-3,8-9,20H,4-7H2,(H,21,24). The Morgan fingerprint density at radius 2 is 1.96 bits per heavy atom. The number of piperidine rings is 1. The van der Waals surface area contributed by atoms with Crippen LogP contribution < -0.4 is 10.9 Å². The van der Waals surface area contributed by atoms with Crippen LogP contribution in [0.4, 0.5) is 13.2 Å². The van der Waals surface area contributed by atoms with E-state index in [1.165, 1.54) is 22.7 Å². The molecule has 0 aliphatic carbocycles. The fourth-order valence-corrected chi connectivity index (χ4v) is 3.43. The lowest BCUT2D eigenvalue weighted by atomic mass is 9.94. The van der Waals surface area contributed by atoms with Gasteiger partial charge in [0.15, 0.2) is 0 Å². The number of benzene rings is 1. The lowest BCUT2D eigenvalue weighted by Gasteiger charge is -2.23. The van der Waals surface area contributed by atoms with Crippen molar-refractivity contribution in [1.82, 2.24) is 19.9 Å². The molecule has 2 N–H and O–H groups in total. The van der Waals surface area contributed by atoms with Crippen LogP contribution in [0.15, 0.2) is 29.1 Å². The van der Waals surface area contributed by atoms with Gasteiger partial charge in [-0.05, 0) is 38.1 Å². The van der Waals surface area contributed by atoms with Crippen molar-refractivity contribution < 1.29 is 13.2 Å². The Hall–Kier alpha value is -2.35. The molecule has 3 aromatic rings. The van der Waals surface area contributed by atoms with Crippen LogP contribution in [0.25, 0.3) is 16.6 Å². The quantitative estimate of drug-likeness (QED) is 0.718. The molecule has 0 atom stereocenters. The minimum Gasteiger partial charge on any atom is -0.317 e. The number of nitrogens with one attached hydrogen (secondary N) is 2. The van der Waals surface area contributed by atoms with Gasteiger partial charge in [-0.2, -0.15) is 18.3 Å². The number of hydrogen-bond acceptors (Lipinski definition) is 3. The summed E-state index contributed by atoms with van der Waals surface area (Å²) in [5.41, 5.74) is -0.191. The van der Waals surface area contributed by atoms with Crippen molar-refractivity contribution in [1.29, 1.82) is 0 Å². The molecular weight excluding hydrogens is 321 g/mol. The maximum Gasteiger partial charge on any atom is 0.417 e. The van der Waals surface area contributed by atoms with Gasteiger partial charge in [-0.1, -0.05) is 6.07 Å². The van der Waals surface area contributed by atoms with Gasteiger partial charge in [0.2, 0.25) is 0 Å². The van der Waals surface area contributed by atoms with Crippen LogP contribution in [-0.2, 0) is 6.18 Å². The number of H-pyrrole nitrogens is 1. The van der Waals surface area contributed by atoms with Gasteiger partial charge in [0.05, 0.1) is 22.2 Å². The molecule has 1 saturated heterocycles. The van der Waals surface area contributed by atoms with Gasteiger partial charge in [-0.3, -0.25) is 4.79 Å². The summed E-state index contributed by atoms with van der Waals surface area (Å²) in [6, 6.07) is 5.32. The summed E-state index contributed by atoms with van der Waals surface area (Å²) in [4.78, 5) is 14.6. The first kappa shape index (κ1) is 15.2. The molecule has 0 bridgehead atoms. The Morgan fingerprint density at radius 3 is 2.67 bits per heavy atom. The fourth-order valence-electron chi connectivity index (χ4n) is 3.43. The second-order valence-electron chi connectivity index (χ2n) is 6.04. The largest absolute Gasteiger partial charge is 0.417 e. The van der Waals surface area contributed by atoms with Crippen molar-refractivity contribution >= 4 is 16.6 Å². The summed E-state index contributed by atoms with van der Waals surface area (Å²) < 4.78 is 41.5. The molecule has 1 fully saturated rings. The minimum absolute atomic E-state index is 0.0575. The van der Waals surface area contributed by atoms with E-state index in [-0.39, 0.29) is 22.5 Å². The van der Waals surface area contributed by atoms with Crippen molar-refractivity contribution in [2.75, 3.05) is 13.1 Å². The second-order valence-corrected chi connectivity index (χ2v) is 6.04. The average molecular weight is 336 g/mol. The van der Waals surface area contributed by atoms with Crippen molar-refractivity contribution in [3.63, 3.8) is 0 Å². The van der Waals surface area contributed by atoms with E-state index in [1.54, 1.807) is 0 Å². The Balaban J connectivity index is 2.05. The topological polar surface area (TPSA) is 62.2 Å². The zero-order valence-electron chi connectivity index (χ0n) is 12.7. The number of hydrogen-bond donors (Lipinski definition) is 2. The van der Waals surface area contributed by atoms with Gasteiger partial charge in [0, 0.05) is 12.0 Å². The number of alkyl halides is 3. The Morgan fingerprint density at radius 1 is 1.21 bits per heavy atom. The maximum absolute atomic E-state index is 13.3. The molecule has 8 heteroatoms. The molecule has 4 rings (SSSR count). The van der Waals surface area contributed by atoms with Gasteiger partial charge in [0.1, 0.15) is 5.65 Å². The molecule has 24 heavy (non-hydrogen) atoms. The molecule has 0 amide bonds. The minimum atomic E-state index is -4.51. The lowest BCUT2D eigenvalue weighted by Crippen LogP contribution is -2.28. The number of aromatic nitrogens is 3. The van der Waals surface area contributed by atoms with E-state index in [2.05, 4.69) is 15.4 Å². The average Bonchev–Trinajstić information content (AvgIpc) is 2.92. The molecule has 126 valence electrons. The summed E-state index contributed by atoms with van der Waals surface area (Å²) >= 11 is 0. The molecule has 0 radical (unpaired) electrons. The maximum atomic E-state index is 13.3. The van der Waals surface area contributed by atoms with Crippen molar-refractivity contribution in [3.05, 3.63) is 45.9 Å². The summed E-state index contributed by atoms with van der Waals surface area (Å²) in [6.45, 7) is 1.63. The molecule has 2 aromatic heterocycles. The summed E-state index contributed by atoms with van der Waals surface area (Å²) in [7, 11) is 0. The smallest absolute Gasteiger partial charge is 0.317 e. The highest BCUT2D eigenvalue weighted by Gasteiger charge is 2.34. The van der Waals surface area contributed by atoms with E-state index >= 15 is 0 Å². The highest BCUT2D eigenvalue weighted by Crippen LogP contribution is 2.36. The number of halogens is 3. The van der Waals surface area contributed by atoms with E-state index in [0.29, 0.717) is 5.69 Å². The van der Waals surface area contributed by atoms with Crippen molar-refractivity contribution in [3.8, 4) is 0 Å². The zero-order chi connectivity index (χ0) is 16.9. The molecule has 1 aliphatic rings. The van der Waals surface area contributed by atoms with E-state index in [0.717, 1.165) is 32.0 Å². The predicted octanol–water partition coefficient (Wildman–Crippen LogP) is 2.66. The van der Waals surface area contributed by atoms with Crippen LogP contribution in [-0.4, -0.2) is 27.7 Å². The predicted molar refractivity (Wildman–Crippen MR) is 83.2 cm³/mol. The van der Waals surface area contributed by atoms with Crippen LogP contribution in [0, 0.1) is 0 Å². The molecule has 3 heterocycles. The van der Waals surface area contributed by atoms with Crippen molar-refractivity contribution in [2.45, 2.75) is 24.9 Å². The monoisotopic (exact) mass is 336 g/mol. The highest BCUT2D eigenvalue weighted by atomic mass is 19.4. The third-order valence-electron chi connectivity index (χ3n) is 4.53. The van der Waals surface area contributed by atoms with Crippen LogP contribution >= 0.6 is 0 Å². The Labute approximate surface area is 134 Å². The SMILES string of the molecule is O=c1cc(C2CCNCC2)n2nc3cccc(C(F)(F)F)c3c2[nH]1. The third kappa shape index (κ3) is 2.37. The van der Waals surface area contributed by atoms with Gasteiger partial charge in [-0.15, -0.1) is 0 Å². The molecule has 1 aliphatic heterocycles. The van der Waals surface area contributed by atoms with E-state index < -0.39 is 17.3 Å². The van der Waals surface area contributed by atoms with E-state index in [4.69, 9.17) is 0 Å². The molecule has 0 unspecified atom stereocenters. The number of rotatable bonds is 1.